The first-order chi connectivity index (χ1) is 10.1. The Kier molecular flexibility index (Phi) is 4.66. The van der Waals surface area contributed by atoms with Crippen molar-refractivity contribution >= 4 is 17.3 Å². The van der Waals surface area contributed by atoms with Crippen molar-refractivity contribution in [3.8, 4) is 11.5 Å². The van der Waals surface area contributed by atoms with E-state index in [-0.39, 0.29) is 12.3 Å². The lowest BCUT2D eigenvalue weighted by atomic mass is 10.1. The molecule has 5 nitrogen and oxygen atoms in total. The average Bonchev–Trinajstić information content (AvgIpc) is 2.49. The molecule has 0 aromatic heterocycles. The molecule has 3 N–H and O–H groups in total. The summed E-state index contributed by atoms with van der Waals surface area (Å²) in [6.45, 7) is 0. The van der Waals surface area contributed by atoms with Gasteiger partial charge in [-0.1, -0.05) is 30.3 Å². The number of hydrogen-bond acceptors (Lipinski definition) is 4. The van der Waals surface area contributed by atoms with E-state index >= 15 is 0 Å². The number of benzene rings is 2. The minimum Gasteiger partial charge on any atom is -0.495 e. The summed E-state index contributed by atoms with van der Waals surface area (Å²) >= 11 is 0. The monoisotopic (exact) mass is 286 g/mol. The van der Waals surface area contributed by atoms with E-state index in [2.05, 4.69) is 5.32 Å². The summed E-state index contributed by atoms with van der Waals surface area (Å²) in [6.07, 6.45) is 0.288. The predicted octanol–water partition coefficient (Wildman–Crippen LogP) is 2.47. The van der Waals surface area contributed by atoms with Crippen LogP contribution >= 0.6 is 0 Å². The molecule has 2 rings (SSSR count). The number of nitrogen functional groups attached to an aromatic ring is 1. The van der Waals surface area contributed by atoms with Gasteiger partial charge in [0.05, 0.1) is 32.0 Å². The lowest BCUT2D eigenvalue weighted by molar-refractivity contribution is -0.115. The summed E-state index contributed by atoms with van der Waals surface area (Å²) in [7, 11) is 3.04. The highest BCUT2D eigenvalue weighted by Gasteiger charge is 2.12. The summed E-state index contributed by atoms with van der Waals surface area (Å²) in [6, 6.07) is 12.8. The van der Waals surface area contributed by atoms with E-state index in [9.17, 15) is 4.79 Å². The molecule has 0 spiro atoms. The third-order valence-electron chi connectivity index (χ3n) is 3.03. The SMILES string of the molecule is COc1cc(NC(=O)Cc2ccccc2)c(OC)cc1N. The molecule has 0 radical (unpaired) electrons. The van der Waals surface area contributed by atoms with Crippen molar-refractivity contribution in [3.05, 3.63) is 48.0 Å². The van der Waals surface area contributed by atoms with Crippen molar-refractivity contribution in [2.75, 3.05) is 25.3 Å². The van der Waals surface area contributed by atoms with Gasteiger partial charge in [0.2, 0.25) is 5.91 Å². The van der Waals surface area contributed by atoms with Crippen molar-refractivity contribution in [1.82, 2.24) is 0 Å². The fourth-order valence-corrected chi connectivity index (χ4v) is 1.99. The summed E-state index contributed by atoms with van der Waals surface area (Å²) in [5.41, 5.74) is 7.74. The van der Waals surface area contributed by atoms with E-state index < -0.39 is 0 Å². The van der Waals surface area contributed by atoms with E-state index in [0.29, 0.717) is 22.9 Å². The second-order valence-corrected chi connectivity index (χ2v) is 4.50. The Balaban J connectivity index is 2.16. The van der Waals surface area contributed by atoms with Gasteiger partial charge in [-0.3, -0.25) is 4.79 Å². The molecule has 0 bridgehead atoms. The highest BCUT2D eigenvalue weighted by Crippen LogP contribution is 2.34. The second kappa shape index (κ2) is 6.65. The molecule has 5 heteroatoms. The van der Waals surface area contributed by atoms with Gasteiger partial charge >= 0.3 is 0 Å². The van der Waals surface area contributed by atoms with Crippen LogP contribution in [0.5, 0.6) is 11.5 Å². The highest BCUT2D eigenvalue weighted by atomic mass is 16.5. The van der Waals surface area contributed by atoms with Gasteiger partial charge in [0, 0.05) is 12.1 Å². The van der Waals surface area contributed by atoms with Crippen LogP contribution in [0, 0.1) is 0 Å². The van der Waals surface area contributed by atoms with Crippen molar-refractivity contribution in [2.24, 2.45) is 0 Å². The molecule has 21 heavy (non-hydrogen) atoms. The van der Waals surface area contributed by atoms with Crippen molar-refractivity contribution in [2.45, 2.75) is 6.42 Å². The molecule has 0 aliphatic heterocycles. The van der Waals surface area contributed by atoms with Crippen LogP contribution in [0.1, 0.15) is 5.56 Å². The number of anilines is 2. The van der Waals surface area contributed by atoms with Gasteiger partial charge in [-0.25, -0.2) is 0 Å². The summed E-state index contributed by atoms with van der Waals surface area (Å²) in [4.78, 5) is 12.1. The Morgan fingerprint density at radius 1 is 1.10 bits per heavy atom. The van der Waals surface area contributed by atoms with E-state index in [0.717, 1.165) is 5.56 Å². The molecule has 110 valence electrons. The molecule has 0 aliphatic rings. The van der Waals surface area contributed by atoms with Gasteiger partial charge in [-0.05, 0) is 5.56 Å². The number of hydrogen-bond donors (Lipinski definition) is 2. The molecule has 0 saturated heterocycles. The lowest BCUT2D eigenvalue weighted by Crippen LogP contribution is -2.15. The number of carbonyl (C=O) groups excluding carboxylic acids is 1. The molecular formula is C16H18N2O3. The molecule has 0 unspecified atom stereocenters. The normalized spacial score (nSPS) is 10.0. The zero-order valence-corrected chi connectivity index (χ0v) is 12.1. The third kappa shape index (κ3) is 3.66. The van der Waals surface area contributed by atoms with E-state index in [1.165, 1.54) is 14.2 Å². The Hall–Kier alpha value is -2.69. The number of ether oxygens (including phenoxy) is 2. The van der Waals surface area contributed by atoms with Crippen LogP contribution in [0.3, 0.4) is 0 Å². The topological polar surface area (TPSA) is 73.6 Å². The van der Waals surface area contributed by atoms with Crippen LogP contribution in [0.25, 0.3) is 0 Å². The maximum absolute atomic E-state index is 12.1. The maximum Gasteiger partial charge on any atom is 0.228 e. The van der Waals surface area contributed by atoms with Crippen molar-refractivity contribution in [1.29, 1.82) is 0 Å². The van der Waals surface area contributed by atoms with Crippen LogP contribution in [-0.4, -0.2) is 20.1 Å². The average molecular weight is 286 g/mol. The van der Waals surface area contributed by atoms with Crippen molar-refractivity contribution in [3.63, 3.8) is 0 Å². The molecule has 0 heterocycles. The van der Waals surface area contributed by atoms with Gasteiger partial charge in [0.25, 0.3) is 0 Å². The number of carbonyl (C=O) groups is 1. The minimum absolute atomic E-state index is 0.133. The maximum atomic E-state index is 12.1. The Morgan fingerprint density at radius 3 is 2.38 bits per heavy atom. The Morgan fingerprint density at radius 2 is 1.76 bits per heavy atom. The first-order valence-electron chi connectivity index (χ1n) is 6.49. The van der Waals surface area contributed by atoms with E-state index in [1.807, 2.05) is 30.3 Å². The summed E-state index contributed by atoms with van der Waals surface area (Å²) in [5.74, 6) is 0.854. The fraction of sp³-hybridized carbons (Fsp3) is 0.188. The van der Waals surface area contributed by atoms with Gasteiger partial charge < -0.3 is 20.5 Å². The summed E-state index contributed by atoms with van der Waals surface area (Å²) in [5, 5.41) is 2.81. The van der Waals surface area contributed by atoms with Crippen LogP contribution < -0.4 is 20.5 Å². The zero-order chi connectivity index (χ0) is 15.2. The van der Waals surface area contributed by atoms with Crippen LogP contribution in [0.2, 0.25) is 0 Å². The van der Waals surface area contributed by atoms with E-state index in [4.69, 9.17) is 15.2 Å². The van der Waals surface area contributed by atoms with Gasteiger partial charge in [-0.15, -0.1) is 0 Å². The Labute approximate surface area is 123 Å². The second-order valence-electron chi connectivity index (χ2n) is 4.50. The number of nitrogens with two attached hydrogens (primary N) is 1. The number of amides is 1. The first kappa shape index (κ1) is 14.7. The number of methoxy groups -OCH3 is 2. The molecule has 2 aromatic rings. The van der Waals surface area contributed by atoms with Crippen LogP contribution in [-0.2, 0) is 11.2 Å². The fourth-order valence-electron chi connectivity index (χ4n) is 1.99. The van der Waals surface area contributed by atoms with Crippen LogP contribution in [0.4, 0.5) is 11.4 Å². The number of rotatable bonds is 5. The van der Waals surface area contributed by atoms with E-state index in [1.54, 1.807) is 12.1 Å². The summed E-state index contributed by atoms with van der Waals surface area (Å²) < 4.78 is 10.4. The molecule has 1 amide bonds. The van der Waals surface area contributed by atoms with Gasteiger partial charge in [-0.2, -0.15) is 0 Å². The molecule has 2 aromatic carbocycles. The predicted molar refractivity (Wildman–Crippen MR) is 82.7 cm³/mol. The molecule has 0 fully saturated rings. The third-order valence-corrected chi connectivity index (χ3v) is 3.03. The smallest absolute Gasteiger partial charge is 0.228 e. The lowest BCUT2D eigenvalue weighted by Gasteiger charge is -2.13. The molecule has 0 saturated carbocycles. The molecule has 0 atom stereocenters. The quantitative estimate of drug-likeness (QED) is 0.828. The molecular weight excluding hydrogens is 268 g/mol. The van der Waals surface area contributed by atoms with Gasteiger partial charge in [0.1, 0.15) is 11.5 Å². The zero-order valence-electron chi connectivity index (χ0n) is 12.1. The van der Waals surface area contributed by atoms with Crippen molar-refractivity contribution < 1.29 is 14.3 Å². The van der Waals surface area contributed by atoms with Crippen LogP contribution in [0.15, 0.2) is 42.5 Å². The standard InChI is InChI=1S/C16H18N2O3/c1-20-14-10-13(15(21-2)9-12(14)17)18-16(19)8-11-6-4-3-5-7-11/h3-7,9-10H,8,17H2,1-2H3,(H,18,19). The first-order valence-corrected chi connectivity index (χ1v) is 6.49. The molecule has 0 aliphatic carbocycles. The van der Waals surface area contributed by atoms with Gasteiger partial charge in [0.15, 0.2) is 0 Å². The highest BCUT2D eigenvalue weighted by molar-refractivity contribution is 5.94. The minimum atomic E-state index is -0.133. The largest absolute Gasteiger partial charge is 0.495 e. The Bertz CT molecular complexity index is 627. The number of nitrogens with one attached hydrogen (secondary N) is 1.